The van der Waals surface area contributed by atoms with Crippen molar-refractivity contribution in [2.24, 2.45) is 11.3 Å². The van der Waals surface area contributed by atoms with Crippen LogP contribution in [-0.2, 0) is 12.8 Å². The molecule has 0 amide bonds. The molecular weight excluding hydrogens is 376 g/mol. The Morgan fingerprint density at radius 1 is 1.26 bits per heavy atom. The van der Waals surface area contributed by atoms with Crippen molar-refractivity contribution < 1.29 is 4.79 Å². The first-order chi connectivity index (χ1) is 12.7. The standard InChI is InChI=1S/C22H23ClN2OS/c1-22(2,3)14-6-9-17-13(10-14)11-16-18(24)20(27-21(16)25-17)19(26)12-4-7-15(23)8-5-12/h4-5,7-8,11,14H,6,9-10,24H2,1-3H3. The lowest BCUT2D eigenvalue weighted by atomic mass is 9.71. The van der Waals surface area contributed by atoms with E-state index in [9.17, 15) is 4.79 Å². The van der Waals surface area contributed by atoms with Crippen molar-refractivity contribution in [1.29, 1.82) is 0 Å². The number of nitrogens with two attached hydrogens (primary N) is 1. The molecule has 0 fully saturated rings. The number of hydrogen-bond donors (Lipinski definition) is 1. The second-order valence-electron chi connectivity index (χ2n) is 8.43. The second-order valence-corrected chi connectivity index (χ2v) is 9.87. The van der Waals surface area contributed by atoms with Gasteiger partial charge in [-0.05, 0) is 66.5 Å². The zero-order chi connectivity index (χ0) is 19.3. The number of hydrogen-bond acceptors (Lipinski definition) is 4. The summed E-state index contributed by atoms with van der Waals surface area (Å²) in [5.74, 6) is 0.567. The minimum atomic E-state index is -0.0716. The van der Waals surface area contributed by atoms with E-state index < -0.39 is 0 Å². The molecule has 1 unspecified atom stereocenters. The number of carbonyl (C=O) groups excluding carboxylic acids is 1. The summed E-state index contributed by atoms with van der Waals surface area (Å²) in [4.78, 5) is 19.2. The topological polar surface area (TPSA) is 56.0 Å². The zero-order valence-corrected chi connectivity index (χ0v) is 17.4. The summed E-state index contributed by atoms with van der Waals surface area (Å²) in [5, 5.41) is 1.52. The third kappa shape index (κ3) is 3.37. The molecule has 0 spiro atoms. The average molecular weight is 399 g/mol. The number of carbonyl (C=O) groups is 1. The predicted molar refractivity (Wildman–Crippen MR) is 114 cm³/mol. The highest BCUT2D eigenvalue weighted by Gasteiger charge is 2.30. The minimum absolute atomic E-state index is 0.0716. The Kier molecular flexibility index (Phi) is 4.52. The predicted octanol–water partition coefficient (Wildman–Crippen LogP) is 5.91. The van der Waals surface area contributed by atoms with Gasteiger partial charge in [-0.2, -0.15) is 0 Å². The molecular formula is C22H23ClN2OS. The van der Waals surface area contributed by atoms with Crippen molar-refractivity contribution in [1.82, 2.24) is 4.98 Å². The fourth-order valence-corrected chi connectivity index (χ4v) is 5.01. The van der Waals surface area contributed by atoms with Crippen LogP contribution in [0.5, 0.6) is 0 Å². The quantitative estimate of drug-likeness (QED) is 0.545. The van der Waals surface area contributed by atoms with Crippen LogP contribution in [0.4, 0.5) is 5.69 Å². The number of thiophene rings is 1. The summed E-state index contributed by atoms with van der Waals surface area (Å²) >= 11 is 7.32. The number of anilines is 1. The molecule has 0 saturated heterocycles. The van der Waals surface area contributed by atoms with Gasteiger partial charge in [0.05, 0.1) is 5.69 Å². The van der Waals surface area contributed by atoms with Gasteiger partial charge in [0.1, 0.15) is 9.71 Å². The van der Waals surface area contributed by atoms with E-state index in [1.54, 1.807) is 24.3 Å². The molecule has 0 bridgehead atoms. The largest absolute Gasteiger partial charge is 0.397 e. The smallest absolute Gasteiger partial charge is 0.205 e. The fraction of sp³-hybridized carbons (Fsp3) is 0.364. The van der Waals surface area contributed by atoms with Crippen LogP contribution in [-0.4, -0.2) is 10.8 Å². The lowest BCUT2D eigenvalue weighted by Gasteiger charge is -2.34. The zero-order valence-electron chi connectivity index (χ0n) is 15.8. The third-order valence-electron chi connectivity index (χ3n) is 5.62. The molecule has 1 aliphatic carbocycles. The Balaban J connectivity index is 1.75. The van der Waals surface area contributed by atoms with Gasteiger partial charge in [0.25, 0.3) is 0 Å². The molecule has 2 heterocycles. The highest BCUT2D eigenvalue weighted by Crippen LogP contribution is 2.40. The monoisotopic (exact) mass is 398 g/mol. The van der Waals surface area contributed by atoms with Gasteiger partial charge in [0.15, 0.2) is 0 Å². The molecule has 2 N–H and O–H groups in total. The number of aryl methyl sites for hydroxylation is 1. The number of halogens is 1. The van der Waals surface area contributed by atoms with Gasteiger partial charge in [-0.15, -0.1) is 11.3 Å². The van der Waals surface area contributed by atoms with Crippen molar-refractivity contribution in [3.8, 4) is 0 Å². The highest BCUT2D eigenvalue weighted by molar-refractivity contribution is 7.21. The second kappa shape index (κ2) is 6.61. The number of benzene rings is 1. The van der Waals surface area contributed by atoms with Gasteiger partial charge < -0.3 is 5.73 Å². The van der Waals surface area contributed by atoms with E-state index in [2.05, 4.69) is 26.8 Å². The van der Waals surface area contributed by atoms with Gasteiger partial charge in [0, 0.05) is 21.7 Å². The first kappa shape index (κ1) is 18.5. The lowest BCUT2D eigenvalue weighted by Crippen LogP contribution is -2.27. The Bertz CT molecular complexity index is 1030. The van der Waals surface area contributed by atoms with Crippen LogP contribution in [0.1, 0.15) is 53.7 Å². The molecule has 4 rings (SSSR count). The molecule has 3 nitrogen and oxygen atoms in total. The maximum atomic E-state index is 12.9. The van der Waals surface area contributed by atoms with Gasteiger partial charge in [-0.1, -0.05) is 32.4 Å². The van der Waals surface area contributed by atoms with Crippen LogP contribution in [0.15, 0.2) is 30.3 Å². The van der Waals surface area contributed by atoms with Crippen LogP contribution in [0, 0.1) is 11.3 Å². The summed E-state index contributed by atoms with van der Waals surface area (Å²) in [6.07, 6.45) is 3.18. The van der Waals surface area contributed by atoms with Gasteiger partial charge in [0.2, 0.25) is 5.78 Å². The van der Waals surface area contributed by atoms with Crippen molar-refractivity contribution in [2.45, 2.75) is 40.0 Å². The number of fused-ring (bicyclic) bond motifs is 2. The third-order valence-corrected chi connectivity index (χ3v) is 6.99. The van der Waals surface area contributed by atoms with Crippen molar-refractivity contribution in [2.75, 3.05) is 5.73 Å². The molecule has 140 valence electrons. The molecule has 0 saturated carbocycles. The summed E-state index contributed by atoms with van der Waals surface area (Å²) in [7, 11) is 0. The Morgan fingerprint density at radius 3 is 2.63 bits per heavy atom. The van der Waals surface area contributed by atoms with Gasteiger partial charge in [-0.3, -0.25) is 4.79 Å². The molecule has 0 aliphatic heterocycles. The Labute approximate surface area is 168 Å². The summed E-state index contributed by atoms with van der Waals surface area (Å²) in [6, 6.07) is 9.09. The van der Waals surface area contributed by atoms with E-state index in [-0.39, 0.29) is 11.2 Å². The summed E-state index contributed by atoms with van der Waals surface area (Å²) in [6.45, 7) is 6.91. The number of pyridine rings is 1. The lowest BCUT2D eigenvalue weighted by molar-refractivity contribution is 0.104. The first-order valence-corrected chi connectivity index (χ1v) is 10.4. The first-order valence-electron chi connectivity index (χ1n) is 9.25. The van der Waals surface area contributed by atoms with Crippen LogP contribution in [0.2, 0.25) is 5.02 Å². The summed E-state index contributed by atoms with van der Waals surface area (Å²) < 4.78 is 0. The van der Waals surface area contributed by atoms with E-state index in [0.29, 0.717) is 27.1 Å². The maximum Gasteiger partial charge on any atom is 0.205 e. The highest BCUT2D eigenvalue weighted by atomic mass is 35.5. The average Bonchev–Trinajstić information content (AvgIpc) is 2.94. The van der Waals surface area contributed by atoms with Crippen molar-refractivity contribution in [3.05, 3.63) is 57.1 Å². The van der Waals surface area contributed by atoms with Crippen molar-refractivity contribution in [3.63, 3.8) is 0 Å². The number of rotatable bonds is 2. The van der Waals surface area contributed by atoms with E-state index in [1.165, 1.54) is 16.9 Å². The molecule has 1 atom stereocenters. The number of nitrogen functional groups attached to an aromatic ring is 1. The van der Waals surface area contributed by atoms with Crippen LogP contribution in [0.3, 0.4) is 0 Å². The van der Waals surface area contributed by atoms with E-state index in [4.69, 9.17) is 22.3 Å². The van der Waals surface area contributed by atoms with Crippen LogP contribution in [0.25, 0.3) is 10.2 Å². The van der Waals surface area contributed by atoms with Crippen LogP contribution < -0.4 is 5.73 Å². The molecule has 5 heteroatoms. The molecule has 2 aromatic heterocycles. The van der Waals surface area contributed by atoms with E-state index >= 15 is 0 Å². The summed E-state index contributed by atoms with van der Waals surface area (Å²) in [5.41, 5.74) is 10.2. The number of aromatic nitrogens is 1. The number of nitrogens with zero attached hydrogens (tertiary/aromatic N) is 1. The van der Waals surface area contributed by atoms with E-state index in [1.807, 2.05) is 0 Å². The fourth-order valence-electron chi connectivity index (χ4n) is 3.83. The molecule has 0 radical (unpaired) electrons. The van der Waals surface area contributed by atoms with Gasteiger partial charge >= 0.3 is 0 Å². The Morgan fingerprint density at radius 2 is 1.96 bits per heavy atom. The maximum absolute atomic E-state index is 12.9. The molecule has 1 aromatic carbocycles. The number of ketones is 1. The molecule has 3 aromatic rings. The van der Waals surface area contributed by atoms with E-state index in [0.717, 1.165) is 35.2 Å². The van der Waals surface area contributed by atoms with Gasteiger partial charge in [-0.25, -0.2) is 4.98 Å². The minimum Gasteiger partial charge on any atom is -0.397 e. The van der Waals surface area contributed by atoms with Crippen molar-refractivity contribution >= 4 is 44.6 Å². The SMILES string of the molecule is CC(C)(C)C1CCc2nc3sc(C(=O)c4ccc(Cl)cc4)c(N)c3cc2C1. The Hall–Kier alpha value is -1.91. The van der Waals surface area contributed by atoms with Crippen LogP contribution >= 0.6 is 22.9 Å². The molecule has 27 heavy (non-hydrogen) atoms. The normalized spacial score (nSPS) is 17.1. The molecule has 1 aliphatic rings.